The highest BCUT2D eigenvalue weighted by molar-refractivity contribution is 7.92. The fraction of sp³-hybridized carbons (Fsp3) is 0.259. The third-order valence-electron chi connectivity index (χ3n) is 5.91. The van der Waals surface area contributed by atoms with Gasteiger partial charge in [0.05, 0.1) is 18.5 Å². The van der Waals surface area contributed by atoms with Crippen molar-refractivity contribution >= 4 is 21.9 Å². The molecule has 0 atom stereocenters. The Balaban J connectivity index is 1.74. The van der Waals surface area contributed by atoms with Crippen molar-refractivity contribution < 1.29 is 22.7 Å². The van der Waals surface area contributed by atoms with Crippen LogP contribution >= 0.6 is 0 Å². The lowest BCUT2D eigenvalue weighted by Crippen LogP contribution is -2.26. The summed E-state index contributed by atoms with van der Waals surface area (Å²) in [6, 6.07) is 12.5. The number of sulfonamides is 1. The maximum atomic E-state index is 13.0. The maximum absolute atomic E-state index is 13.0. The second-order valence-corrected chi connectivity index (χ2v) is 10.7. The summed E-state index contributed by atoms with van der Waals surface area (Å²) in [6.07, 6.45) is 2.61. The van der Waals surface area contributed by atoms with Crippen molar-refractivity contribution in [3.05, 3.63) is 77.1 Å². The molecule has 0 radical (unpaired) electrons. The SMILES string of the molecule is COCCNC(=O)c1ccc(C)c(Oc2cc(-c3c(C)cccc3C)nc(NS(=O)(=O)c3cnn(C)c3)n2)c1. The van der Waals surface area contributed by atoms with Gasteiger partial charge in [0, 0.05) is 44.1 Å². The molecule has 4 rings (SSSR count). The summed E-state index contributed by atoms with van der Waals surface area (Å²) < 4.78 is 41.0. The van der Waals surface area contributed by atoms with Crippen LogP contribution in [0.3, 0.4) is 0 Å². The molecule has 12 heteroatoms. The molecule has 2 aromatic heterocycles. The Morgan fingerprint density at radius 3 is 2.44 bits per heavy atom. The lowest BCUT2D eigenvalue weighted by atomic mass is 10.00. The highest BCUT2D eigenvalue weighted by Crippen LogP contribution is 2.32. The first-order valence-electron chi connectivity index (χ1n) is 12.1. The van der Waals surface area contributed by atoms with Crippen LogP contribution < -0.4 is 14.8 Å². The number of carbonyl (C=O) groups is 1. The zero-order valence-corrected chi connectivity index (χ0v) is 23.2. The topological polar surface area (TPSA) is 137 Å². The number of benzene rings is 2. The third kappa shape index (κ3) is 6.59. The predicted molar refractivity (Wildman–Crippen MR) is 146 cm³/mol. The lowest BCUT2D eigenvalue weighted by molar-refractivity contribution is 0.0936. The van der Waals surface area contributed by atoms with Gasteiger partial charge in [-0.2, -0.15) is 10.1 Å². The van der Waals surface area contributed by atoms with Gasteiger partial charge in [0.25, 0.3) is 15.9 Å². The van der Waals surface area contributed by atoms with Crippen LogP contribution in [-0.2, 0) is 21.8 Å². The largest absolute Gasteiger partial charge is 0.439 e. The van der Waals surface area contributed by atoms with Crippen molar-refractivity contribution in [2.24, 2.45) is 7.05 Å². The minimum Gasteiger partial charge on any atom is -0.439 e. The van der Waals surface area contributed by atoms with Crippen LogP contribution in [0.25, 0.3) is 11.3 Å². The molecule has 39 heavy (non-hydrogen) atoms. The van der Waals surface area contributed by atoms with E-state index >= 15 is 0 Å². The molecule has 4 aromatic rings. The summed E-state index contributed by atoms with van der Waals surface area (Å²) in [4.78, 5) is 21.4. The number of ether oxygens (including phenoxy) is 2. The summed E-state index contributed by atoms with van der Waals surface area (Å²) >= 11 is 0. The highest BCUT2D eigenvalue weighted by atomic mass is 32.2. The predicted octanol–water partition coefficient (Wildman–Crippen LogP) is 3.77. The van der Waals surface area contributed by atoms with E-state index in [-0.39, 0.29) is 22.6 Å². The highest BCUT2D eigenvalue weighted by Gasteiger charge is 2.21. The molecule has 0 aliphatic heterocycles. The molecule has 0 aliphatic carbocycles. The second-order valence-electron chi connectivity index (χ2n) is 8.97. The Morgan fingerprint density at radius 1 is 1.03 bits per heavy atom. The maximum Gasteiger partial charge on any atom is 0.267 e. The van der Waals surface area contributed by atoms with Gasteiger partial charge < -0.3 is 14.8 Å². The molecule has 2 aromatic carbocycles. The Hall–Kier alpha value is -4.29. The zero-order chi connectivity index (χ0) is 28.2. The van der Waals surface area contributed by atoms with Gasteiger partial charge in [0.2, 0.25) is 11.8 Å². The van der Waals surface area contributed by atoms with E-state index in [0.29, 0.717) is 30.2 Å². The van der Waals surface area contributed by atoms with Gasteiger partial charge in [-0.15, -0.1) is 0 Å². The molecule has 2 heterocycles. The monoisotopic (exact) mass is 550 g/mol. The van der Waals surface area contributed by atoms with E-state index in [0.717, 1.165) is 22.3 Å². The molecule has 0 saturated carbocycles. The van der Waals surface area contributed by atoms with Gasteiger partial charge in [0.15, 0.2) is 0 Å². The van der Waals surface area contributed by atoms with Crippen molar-refractivity contribution in [2.45, 2.75) is 25.7 Å². The number of hydrogen-bond acceptors (Lipinski definition) is 8. The van der Waals surface area contributed by atoms with Crippen LogP contribution in [0.1, 0.15) is 27.0 Å². The molecular weight excluding hydrogens is 520 g/mol. The third-order valence-corrected chi connectivity index (χ3v) is 7.20. The summed E-state index contributed by atoms with van der Waals surface area (Å²) in [5, 5.41) is 6.71. The van der Waals surface area contributed by atoms with Gasteiger partial charge in [-0.3, -0.25) is 9.48 Å². The molecule has 11 nitrogen and oxygen atoms in total. The lowest BCUT2D eigenvalue weighted by Gasteiger charge is -2.15. The van der Waals surface area contributed by atoms with Crippen LogP contribution in [0.5, 0.6) is 11.6 Å². The normalized spacial score (nSPS) is 11.3. The van der Waals surface area contributed by atoms with Crippen molar-refractivity contribution in [3.8, 4) is 22.9 Å². The van der Waals surface area contributed by atoms with Crippen molar-refractivity contribution in [1.82, 2.24) is 25.1 Å². The summed E-state index contributed by atoms with van der Waals surface area (Å²) in [6.45, 7) is 6.48. The quantitative estimate of drug-likeness (QED) is 0.285. The van der Waals surface area contributed by atoms with Gasteiger partial charge in [-0.1, -0.05) is 24.3 Å². The van der Waals surface area contributed by atoms with Crippen LogP contribution in [0.15, 0.2) is 59.8 Å². The fourth-order valence-electron chi connectivity index (χ4n) is 3.92. The number of rotatable bonds is 10. The van der Waals surface area contributed by atoms with Crippen LogP contribution in [0.2, 0.25) is 0 Å². The summed E-state index contributed by atoms with van der Waals surface area (Å²) in [5.74, 6) is 0.0500. The van der Waals surface area contributed by atoms with Crippen LogP contribution in [0, 0.1) is 20.8 Å². The van der Waals surface area contributed by atoms with E-state index in [9.17, 15) is 13.2 Å². The minimum absolute atomic E-state index is 0.0309. The van der Waals surface area contributed by atoms with Crippen molar-refractivity contribution in [3.63, 3.8) is 0 Å². The average molecular weight is 551 g/mol. The Labute approximate surface area is 227 Å². The Morgan fingerprint density at radius 2 is 1.77 bits per heavy atom. The van der Waals surface area contributed by atoms with E-state index in [2.05, 4.69) is 25.1 Å². The number of anilines is 1. The molecule has 0 fully saturated rings. The molecule has 0 aliphatic rings. The molecule has 0 unspecified atom stereocenters. The number of carbonyl (C=O) groups excluding carboxylic acids is 1. The number of hydrogen-bond donors (Lipinski definition) is 2. The van der Waals surface area contributed by atoms with Crippen molar-refractivity contribution in [2.75, 3.05) is 25.0 Å². The second kappa shape index (κ2) is 11.6. The number of aromatic nitrogens is 4. The minimum atomic E-state index is -4.02. The molecular formula is C27H30N6O5S. The van der Waals surface area contributed by atoms with E-state index in [1.165, 1.54) is 17.1 Å². The first kappa shape index (κ1) is 27.7. The fourth-order valence-corrected chi connectivity index (χ4v) is 4.85. The van der Waals surface area contributed by atoms with Gasteiger partial charge >= 0.3 is 0 Å². The van der Waals surface area contributed by atoms with Gasteiger partial charge in [-0.05, 0) is 49.6 Å². The van der Waals surface area contributed by atoms with Crippen molar-refractivity contribution in [1.29, 1.82) is 0 Å². The smallest absolute Gasteiger partial charge is 0.267 e. The average Bonchev–Trinajstić information content (AvgIpc) is 3.32. The van der Waals surface area contributed by atoms with E-state index in [1.807, 2.05) is 39.0 Å². The number of nitrogens with one attached hydrogen (secondary N) is 2. The Bertz CT molecular complexity index is 1600. The molecule has 1 amide bonds. The molecule has 0 bridgehead atoms. The van der Waals surface area contributed by atoms with Gasteiger partial charge in [0.1, 0.15) is 10.6 Å². The molecule has 0 saturated heterocycles. The molecule has 204 valence electrons. The first-order valence-corrected chi connectivity index (χ1v) is 13.6. The molecule has 0 spiro atoms. The number of methoxy groups -OCH3 is 1. The number of amides is 1. The van der Waals surface area contributed by atoms with E-state index < -0.39 is 10.0 Å². The summed E-state index contributed by atoms with van der Waals surface area (Å²) in [5.41, 5.74) is 4.36. The number of nitrogens with zero attached hydrogens (tertiary/aromatic N) is 4. The molecule has 2 N–H and O–H groups in total. The summed E-state index contributed by atoms with van der Waals surface area (Å²) in [7, 11) is -0.834. The van der Waals surface area contributed by atoms with E-state index in [4.69, 9.17) is 9.47 Å². The van der Waals surface area contributed by atoms with Gasteiger partial charge in [-0.25, -0.2) is 18.1 Å². The Kier molecular flexibility index (Phi) is 8.27. The van der Waals surface area contributed by atoms with E-state index in [1.54, 1.807) is 38.4 Å². The zero-order valence-electron chi connectivity index (χ0n) is 22.3. The number of aryl methyl sites for hydroxylation is 4. The first-order chi connectivity index (χ1) is 18.6. The van der Waals surface area contributed by atoms with Crippen LogP contribution in [-0.4, -0.2) is 54.3 Å². The van der Waals surface area contributed by atoms with Crippen LogP contribution in [0.4, 0.5) is 5.95 Å². The standard InChI is InChI=1S/C27H30N6O5S/c1-17-9-10-20(26(34)28-11-12-37-5)13-23(17)38-24-14-22(25-18(2)7-6-8-19(25)3)30-27(31-24)32-39(35,36)21-15-29-33(4)16-21/h6-10,13-16H,11-12H2,1-5H3,(H,28,34)(H,30,31,32).